The van der Waals surface area contributed by atoms with Crippen molar-refractivity contribution in [1.82, 2.24) is 15.6 Å². The maximum absolute atomic E-state index is 12.0. The second-order valence-electron chi connectivity index (χ2n) is 5.92. The minimum absolute atomic E-state index is 0.0801. The topological polar surface area (TPSA) is 54.0 Å². The third kappa shape index (κ3) is 3.80. The van der Waals surface area contributed by atoms with E-state index in [4.69, 9.17) is 0 Å². The van der Waals surface area contributed by atoms with E-state index in [2.05, 4.69) is 34.0 Å². The van der Waals surface area contributed by atoms with E-state index in [1.807, 2.05) is 33.0 Å². The molecule has 0 aliphatic rings. The molecule has 0 saturated heterocycles. The van der Waals surface area contributed by atoms with Crippen molar-refractivity contribution in [3.8, 4) is 0 Å². The van der Waals surface area contributed by atoms with Crippen LogP contribution in [-0.2, 0) is 4.79 Å². The summed E-state index contributed by atoms with van der Waals surface area (Å²) in [6, 6.07) is 4.36. The van der Waals surface area contributed by atoms with Crippen LogP contribution in [-0.4, -0.2) is 24.0 Å². The monoisotopic (exact) mass is 305 g/mol. The van der Waals surface area contributed by atoms with Crippen molar-refractivity contribution in [3.05, 3.63) is 29.3 Å². The summed E-state index contributed by atoms with van der Waals surface area (Å²) < 4.78 is 1.20. The van der Waals surface area contributed by atoms with Crippen LogP contribution in [0.2, 0.25) is 0 Å². The maximum atomic E-state index is 12.0. The van der Waals surface area contributed by atoms with Crippen LogP contribution in [0.25, 0.3) is 10.2 Å². The second kappa shape index (κ2) is 6.54. The van der Waals surface area contributed by atoms with Crippen LogP contribution >= 0.6 is 11.3 Å². The normalized spacial score (nSPS) is 13.3. The Kier molecular flexibility index (Phi) is 4.96. The molecular formula is C16H23N3OS. The fourth-order valence-corrected chi connectivity index (χ4v) is 2.89. The minimum atomic E-state index is -0.426. The van der Waals surface area contributed by atoms with E-state index in [1.54, 1.807) is 11.3 Å². The SMILES string of the molecule is CCNC(=O)C(C)(C)CN[C@H](C)c1cnc2ccsc2c1. The van der Waals surface area contributed by atoms with Gasteiger partial charge in [-0.3, -0.25) is 9.78 Å². The standard InChI is InChI=1S/C16H23N3OS/c1-5-17-15(20)16(3,4)10-19-11(2)12-8-14-13(18-9-12)6-7-21-14/h6-9,11,19H,5,10H2,1-4H3,(H,17,20)/t11-/m1/s1. The summed E-state index contributed by atoms with van der Waals surface area (Å²) in [4.78, 5) is 16.5. The first kappa shape index (κ1) is 15.9. The van der Waals surface area contributed by atoms with Crippen molar-refractivity contribution in [2.45, 2.75) is 33.7 Å². The Morgan fingerprint density at radius 1 is 1.48 bits per heavy atom. The number of amides is 1. The van der Waals surface area contributed by atoms with E-state index < -0.39 is 5.41 Å². The molecule has 0 radical (unpaired) electrons. The molecule has 114 valence electrons. The van der Waals surface area contributed by atoms with Gasteiger partial charge in [-0.2, -0.15) is 0 Å². The highest BCUT2D eigenvalue weighted by Crippen LogP contribution is 2.23. The van der Waals surface area contributed by atoms with Gasteiger partial charge in [-0.25, -0.2) is 0 Å². The molecule has 0 aliphatic carbocycles. The molecule has 4 nitrogen and oxygen atoms in total. The molecule has 0 fully saturated rings. The highest BCUT2D eigenvalue weighted by Gasteiger charge is 2.27. The molecular weight excluding hydrogens is 282 g/mol. The largest absolute Gasteiger partial charge is 0.356 e. The molecule has 5 heteroatoms. The summed E-state index contributed by atoms with van der Waals surface area (Å²) in [6.45, 7) is 9.24. The average molecular weight is 305 g/mol. The van der Waals surface area contributed by atoms with E-state index in [9.17, 15) is 4.79 Å². The molecule has 0 unspecified atom stereocenters. The Balaban J connectivity index is 2.00. The van der Waals surface area contributed by atoms with Crippen LogP contribution in [0.4, 0.5) is 0 Å². The Morgan fingerprint density at radius 3 is 2.95 bits per heavy atom. The van der Waals surface area contributed by atoms with Crippen LogP contribution in [0.3, 0.4) is 0 Å². The lowest BCUT2D eigenvalue weighted by Gasteiger charge is -2.26. The van der Waals surface area contributed by atoms with Gasteiger partial charge in [0, 0.05) is 25.3 Å². The van der Waals surface area contributed by atoms with Gasteiger partial charge in [0.2, 0.25) is 5.91 Å². The van der Waals surface area contributed by atoms with Gasteiger partial charge >= 0.3 is 0 Å². The van der Waals surface area contributed by atoms with Crippen molar-refractivity contribution in [2.24, 2.45) is 5.41 Å². The predicted molar refractivity (Wildman–Crippen MR) is 88.5 cm³/mol. The molecule has 0 spiro atoms. The number of thiophene rings is 1. The molecule has 0 aromatic carbocycles. The number of aromatic nitrogens is 1. The molecule has 0 bridgehead atoms. The molecule has 21 heavy (non-hydrogen) atoms. The van der Waals surface area contributed by atoms with Gasteiger partial charge in [-0.05, 0) is 50.8 Å². The van der Waals surface area contributed by atoms with Gasteiger partial charge in [0.1, 0.15) is 0 Å². The zero-order valence-corrected chi connectivity index (χ0v) is 13.9. The molecule has 2 aromatic heterocycles. The van der Waals surface area contributed by atoms with Crippen LogP contribution in [0.15, 0.2) is 23.7 Å². The van der Waals surface area contributed by atoms with E-state index in [0.717, 1.165) is 11.1 Å². The highest BCUT2D eigenvalue weighted by atomic mass is 32.1. The number of hydrogen-bond donors (Lipinski definition) is 2. The third-order valence-electron chi connectivity index (χ3n) is 3.63. The molecule has 2 aromatic rings. The molecule has 0 saturated carbocycles. The van der Waals surface area contributed by atoms with Gasteiger partial charge < -0.3 is 10.6 Å². The Hall–Kier alpha value is -1.46. The number of nitrogens with one attached hydrogen (secondary N) is 2. The number of hydrogen-bond acceptors (Lipinski definition) is 4. The van der Waals surface area contributed by atoms with Gasteiger partial charge in [0.05, 0.1) is 15.6 Å². The van der Waals surface area contributed by atoms with Gasteiger partial charge in [0.25, 0.3) is 0 Å². The lowest BCUT2D eigenvalue weighted by atomic mass is 9.91. The van der Waals surface area contributed by atoms with Crippen LogP contribution in [0, 0.1) is 5.41 Å². The first-order valence-corrected chi connectivity index (χ1v) is 8.17. The number of rotatable bonds is 6. The highest BCUT2D eigenvalue weighted by molar-refractivity contribution is 7.17. The van der Waals surface area contributed by atoms with Gasteiger partial charge in [0.15, 0.2) is 0 Å². The van der Waals surface area contributed by atoms with Crippen molar-refractivity contribution >= 4 is 27.5 Å². The molecule has 1 amide bonds. The Labute approximate surface area is 130 Å². The van der Waals surface area contributed by atoms with Gasteiger partial charge in [-0.1, -0.05) is 0 Å². The van der Waals surface area contributed by atoms with Crippen molar-refractivity contribution in [1.29, 1.82) is 0 Å². The van der Waals surface area contributed by atoms with Crippen LogP contribution in [0.5, 0.6) is 0 Å². The number of pyridine rings is 1. The number of nitrogens with zero attached hydrogens (tertiary/aromatic N) is 1. The smallest absolute Gasteiger partial charge is 0.226 e. The zero-order chi connectivity index (χ0) is 15.5. The first-order valence-electron chi connectivity index (χ1n) is 7.29. The van der Waals surface area contributed by atoms with E-state index in [0.29, 0.717) is 13.1 Å². The summed E-state index contributed by atoms with van der Waals surface area (Å²) in [6.07, 6.45) is 1.91. The second-order valence-corrected chi connectivity index (χ2v) is 6.87. The summed E-state index contributed by atoms with van der Waals surface area (Å²) in [5, 5.41) is 8.37. The lowest BCUT2D eigenvalue weighted by Crippen LogP contribution is -2.43. The molecule has 2 heterocycles. The minimum Gasteiger partial charge on any atom is -0.356 e. The fraction of sp³-hybridized carbons (Fsp3) is 0.500. The molecule has 2 N–H and O–H groups in total. The summed E-state index contributed by atoms with van der Waals surface area (Å²) in [7, 11) is 0. The van der Waals surface area contributed by atoms with E-state index >= 15 is 0 Å². The predicted octanol–water partition coefficient (Wildman–Crippen LogP) is 3.11. The van der Waals surface area contributed by atoms with Crippen molar-refractivity contribution in [2.75, 3.05) is 13.1 Å². The van der Waals surface area contributed by atoms with E-state index in [-0.39, 0.29) is 11.9 Å². The van der Waals surface area contributed by atoms with Crippen LogP contribution in [0.1, 0.15) is 39.3 Å². The number of carbonyl (C=O) groups is 1. The summed E-state index contributed by atoms with van der Waals surface area (Å²) in [5.41, 5.74) is 1.76. The zero-order valence-electron chi connectivity index (χ0n) is 13.1. The molecule has 1 atom stereocenters. The number of fused-ring (bicyclic) bond motifs is 1. The third-order valence-corrected chi connectivity index (χ3v) is 4.48. The Morgan fingerprint density at radius 2 is 2.24 bits per heavy atom. The molecule has 0 aliphatic heterocycles. The quantitative estimate of drug-likeness (QED) is 0.862. The summed E-state index contributed by atoms with van der Waals surface area (Å²) in [5.74, 6) is 0.0801. The van der Waals surface area contributed by atoms with E-state index in [1.165, 1.54) is 4.70 Å². The van der Waals surface area contributed by atoms with Crippen LogP contribution < -0.4 is 10.6 Å². The van der Waals surface area contributed by atoms with Crippen molar-refractivity contribution in [3.63, 3.8) is 0 Å². The first-order chi connectivity index (χ1) is 9.94. The maximum Gasteiger partial charge on any atom is 0.226 e. The van der Waals surface area contributed by atoms with Crippen molar-refractivity contribution < 1.29 is 4.79 Å². The fourth-order valence-electron chi connectivity index (χ4n) is 2.10. The summed E-state index contributed by atoms with van der Waals surface area (Å²) >= 11 is 1.70. The average Bonchev–Trinajstić information content (AvgIpc) is 2.92. The Bertz CT molecular complexity index is 621. The lowest BCUT2D eigenvalue weighted by molar-refractivity contribution is -0.129. The molecule has 2 rings (SSSR count). The number of carbonyl (C=O) groups excluding carboxylic acids is 1. The van der Waals surface area contributed by atoms with Gasteiger partial charge in [-0.15, -0.1) is 11.3 Å².